The van der Waals surface area contributed by atoms with E-state index in [1.807, 2.05) is 30.3 Å². The van der Waals surface area contributed by atoms with Crippen molar-refractivity contribution in [3.8, 4) is 17.0 Å². The predicted molar refractivity (Wildman–Crippen MR) is 56.2 cm³/mol. The highest BCUT2D eigenvalue weighted by molar-refractivity contribution is 5.65. The van der Waals surface area contributed by atoms with Gasteiger partial charge in [0.1, 0.15) is 11.4 Å². The Hall–Kier alpha value is -1.90. The Morgan fingerprint density at radius 3 is 2.47 bits per heavy atom. The Kier molecular flexibility index (Phi) is 2.63. The highest BCUT2D eigenvalue weighted by Crippen LogP contribution is 2.27. The number of hydrogen-bond donors (Lipinski definition) is 0. The van der Waals surface area contributed by atoms with Gasteiger partial charge in [-0.2, -0.15) is 4.39 Å². The van der Waals surface area contributed by atoms with Crippen LogP contribution in [0.3, 0.4) is 0 Å². The van der Waals surface area contributed by atoms with Crippen LogP contribution >= 0.6 is 0 Å². The first-order valence-corrected chi connectivity index (χ1v) is 4.57. The molecule has 0 aliphatic rings. The SMILES string of the molecule is COc1ccc(F)nc1-c1ccccc1. The third-order valence-corrected chi connectivity index (χ3v) is 2.09. The van der Waals surface area contributed by atoms with Gasteiger partial charge in [0.2, 0.25) is 5.95 Å². The monoisotopic (exact) mass is 203 g/mol. The lowest BCUT2D eigenvalue weighted by Gasteiger charge is -2.06. The van der Waals surface area contributed by atoms with E-state index in [9.17, 15) is 4.39 Å². The molecular formula is C12H10FNO. The number of pyridine rings is 1. The van der Waals surface area contributed by atoms with Gasteiger partial charge in [-0.15, -0.1) is 0 Å². The summed E-state index contributed by atoms with van der Waals surface area (Å²) in [5.41, 5.74) is 1.37. The van der Waals surface area contributed by atoms with E-state index < -0.39 is 5.95 Å². The Labute approximate surface area is 87.4 Å². The van der Waals surface area contributed by atoms with Gasteiger partial charge in [-0.25, -0.2) is 4.98 Å². The zero-order valence-corrected chi connectivity index (χ0v) is 8.27. The second-order valence-corrected chi connectivity index (χ2v) is 3.05. The third-order valence-electron chi connectivity index (χ3n) is 2.09. The Bertz CT molecular complexity index is 456. The van der Waals surface area contributed by atoms with Crippen LogP contribution in [-0.2, 0) is 0 Å². The number of benzene rings is 1. The number of aromatic nitrogens is 1. The summed E-state index contributed by atoms with van der Waals surface area (Å²) in [6.07, 6.45) is 0. The molecule has 0 fully saturated rings. The lowest BCUT2D eigenvalue weighted by atomic mass is 10.1. The maximum absolute atomic E-state index is 13.0. The van der Waals surface area contributed by atoms with Crippen LogP contribution < -0.4 is 4.74 Å². The average molecular weight is 203 g/mol. The summed E-state index contributed by atoms with van der Waals surface area (Å²) >= 11 is 0. The number of halogens is 1. The van der Waals surface area contributed by atoms with E-state index in [4.69, 9.17) is 4.74 Å². The first-order chi connectivity index (χ1) is 7.31. The van der Waals surface area contributed by atoms with Crippen LogP contribution in [0.2, 0.25) is 0 Å². The maximum atomic E-state index is 13.0. The summed E-state index contributed by atoms with van der Waals surface area (Å²) in [4.78, 5) is 3.82. The van der Waals surface area contributed by atoms with Crippen molar-refractivity contribution in [3.05, 3.63) is 48.4 Å². The van der Waals surface area contributed by atoms with E-state index in [1.165, 1.54) is 6.07 Å². The van der Waals surface area contributed by atoms with Gasteiger partial charge in [-0.1, -0.05) is 30.3 Å². The quantitative estimate of drug-likeness (QED) is 0.700. The highest BCUT2D eigenvalue weighted by Gasteiger charge is 2.07. The second-order valence-electron chi connectivity index (χ2n) is 3.05. The van der Waals surface area contributed by atoms with Gasteiger partial charge in [-0.05, 0) is 12.1 Å². The number of rotatable bonds is 2. The standard InChI is InChI=1S/C12H10FNO/c1-15-10-7-8-11(13)14-12(10)9-5-3-2-4-6-9/h2-8H,1H3. The zero-order valence-electron chi connectivity index (χ0n) is 8.27. The van der Waals surface area contributed by atoms with Gasteiger partial charge < -0.3 is 4.74 Å². The molecule has 2 nitrogen and oxygen atoms in total. The molecule has 2 rings (SSSR count). The van der Waals surface area contributed by atoms with Crippen molar-refractivity contribution in [1.29, 1.82) is 0 Å². The zero-order chi connectivity index (χ0) is 10.7. The summed E-state index contributed by atoms with van der Waals surface area (Å²) in [7, 11) is 1.54. The van der Waals surface area contributed by atoms with Gasteiger partial charge in [0.25, 0.3) is 0 Å². The number of methoxy groups -OCH3 is 1. The topological polar surface area (TPSA) is 22.1 Å². The fraction of sp³-hybridized carbons (Fsp3) is 0.0833. The lowest BCUT2D eigenvalue weighted by molar-refractivity contribution is 0.412. The van der Waals surface area contributed by atoms with E-state index in [0.717, 1.165) is 5.56 Å². The van der Waals surface area contributed by atoms with Crippen molar-refractivity contribution < 1.29 is 9.13 Å². The van der Waals surface area contributed by atoms with Crippen LogP contribution in [0.25, 0.3) is 11.3 Å². The number of ether oxygens (including phenoxy) is 1. The summed E-state index contributed by atoms with van der Waals surface area (Å²) in [5.74, 6) is 0.0669. The van der Waals surface area contributed by atoms with Crippen LogP contribution in [0, 0.1) is 5.95 Å². The minimum absolute atomic E-state index is 0.505. The largest absolute Gasteiger partial charge is 0.494 e. The summed E-state index contributed by atoms with van der Waals surface area (Å²) < 4.78 is 18.1. The van der Waals surface area contributed by atoms with Crippen LogP contribution in [0.1, 0.15) is 0 Å². The summed E-state index contributed by atoms with van der Waals surface area (Å²) in [6.45, 7) is 0. The highest BCUT2D eigenvalue weighted by atomic mass is 19.1. The number of hydrogen-bond acceptors (Lipinski definition) is 2. The van der Waals surface area contributed by atoms with E-state index in [1.54, 1.807) is 13.2 Å². The molecule has 0 aliphatic heterocycles. The molecule has 1 aromatic carbocycles. The van der Waals surface area contributed by atoms with Crippen molar-refractivity contribution in [2.75, 3.05) is 7.11 Å². The molecule has 3 heteroatoms. The lowest BCUT2D eigenvalue weighted by Crippen LogP contribution is -1.93. The molecule has 0 amide bonds. The van der Waals surface area contributed by atoms with Crippen molar-refractivity contribution in [1.82, 2.24) is 4.98 Å². The van der Waals surface area contributed by atoms with Crippen molar-refractivity contribution >= 4 is 0 Å². The Balaban J connectivity index is 2.56. The number of nitrogens with zero attached hydrogens (tertiary/aromatic N) is 1. The van der Waals surface area contributed by atoms with Crippen LogP contribution in [-0.4, -0.2) is 12.1 Å². The molecule has 76 valence electrons. The molecule has 1 heterocycles. The molecule has 1 aromatic heterocycles. The van der Waals surface area contributed by atoms with Gasteiger partial charge in [0.15, 0.2) is 0 Å². The Morgan fingerprint density at radius 2 is 1.80 bits per heavy atom. The summed E-state index contributed by atoms with van der Waals surface area (Å²) in [6, 6.07) is 12.2. The van der Waals surface area contributed by atoms with Gasteiger partial charge in [0, 0.05) is 5.56 Å². The van der Waals surface area contributed by atoms with E-state index in [2.05, 4.69) is 4.98 Å². The molecule has 2 aromatic rings. The van der Waals surface area contributed by atoms with E-state index in [0.29, 0.717) is 11.4 Å². The molecule has 0 bridgehead atoms. The molecule has 0 aliphatic carbocycles. The van der Waals surface area contributed by atoms with Crippen molar-refractivity contribution in [2.24, 2.45) is 0 Å². The molecule has 0 saturated heterocycles. The first kappa shape index (κ1) is 9.65. The normalized spacial score (nSPS) is 10.0. The van der Waals surface area contributed by atoms with Crippen molar-refractivity contribution in [2.45, 2.75) is 0 Å². The smallest absolute Gasteiger partial charge is 0.213 e. The molecule has 0 N–H and O–H groups in total. The van der Waals surface area contributed by atoms with Gasteiger partial charge in [-0.3, -0.25) is 0 Å². The third kappa shape index (κ3) is 1.96. The maximum Gasteiger partial charge on any atom is 0.213 e. The van der Waals surface area contributed by atoms with Crippen LogP contribution in [0.4, 0.5) is 4.39 Å². The second kappa shape index (κ2) is 4.09. The Morgan fingerprint density at radius 1 is 1.07 bits per heavy atom. The predicted octanol–water partition coefficient (Wildman–Crippen LogP) is 2.90. The van der Waals surface area contributed by atoms with Crippen LogP contribution in [0.15, 0.2) is 42.5 Å². The van der Waals surface area contributed by atoms with Gasteiger partial charge in [0.05, 0.1) is 7.11 Å². The molecule has 0 saturated carbocycles. The molecule has 15 heavy (non-hydrogen) atoms. The molecular weight excluding hydrogens is 193 g/mol. The fourth-order valence-electron chi connectivity index (χ4n) is 1.39. The van der Waals surface area contributed by atoms with E-state index in [-0.39, 0.29) is 0 Å². The van der Waals surface area contributed by atoms with Gasteiger partial charge >= 0.3 is 0 Å². The van der Waals surface area contributed by atoms with E-state index >= 15 is 0 Å². The molecule has 0 atom stereocenters. The molecule has 0 radical (unpaired) electrons. The van der Waals surface area contributed by atoms with Crippen LogP contribution in [0.5, 0.6) is 5.75 Å². The average Bonchev–Trinajstić information content (AvgIpc) is 2.30. The molecule has 0 spiro atoms. The summed E-state index contributed by atoms with van der Waals surface area (Å²) in [5, 5.41) is 0. The minimum Gasteiger partial charge on any atom is -0.494 e. The van der Waals surface area contributed by atoms with Crippen molar-refractivity contribution in [3.63, 3.8) is 0 Å². The fourth-order valence-corrected chi connectivity index (χ4v) is 1.39. The molecule has 0 unspecified atom stereocenters. The first-order valence-electron chi connectivity index (χ1n) is 4.57. The minimum atomic E-state index is -0.505.